The van der Waals surface area contributed by atoms with Gasteiger partial charge in [0.15, 0.2) is 0 Å². The van der Waals surface area contributed by atoms with Gasteiger partial charge in [-0.25, -0.2) is 0 Å². The van der Waals surface area contributed by atoms with Gasteiger partial charge in [-0.3, -0.25) is 4.79 Å². The predicted molar refractivity (Wildman–Crippen MR) is 57.4 cm³/mol. The molecule has 0 radical (unpaired) electrons. The third-order valence-corrected chi connectivity index (χ3v) is 3.03. The van der Waals surface area contributed by atoms with Gasteiger partial charge >= 0.3 is 5.97 Å². The number of ether oxygens (including phenoxy) is 1. The van der Waals surface area contributed by atoms with Crippen LogP contribution >= 0.6 is 11.3 Å². The van der Waals surface area contributed by atoms with E-state index < -0.39 is 0 Å². The van der Waals surface area contributed by atoms with Crippen LogP contribution in [0.15, 0.2) is 17.5 Å². The van der Waals surface area contributed by atoms with Crippen molar-refractivity contribution in [3.63, 3.8) is 0 Å². The maximum Gasteiger partial charge on any atom is 0.306 e. The number of carbonyl (C=O) groups excluding carboxylic acids is 1. The Balaban J connectivity index is 2.22. The van der Waals surface area contributed by atoms with E-state index in [1.807, 2.05) is 11.4 Å². The van der Waals surface area contributed by atoms with Crippen molar-refractivity contribution in [3.8, 4) is 0 Å². The number of hydrogen-bond donors (Lipinski definition) is 1. The molecule has 1 atom stereocenters. The molecule has 0 aliphatic heterocycles. The van der Waals surface area contributed by atoms with E-state index >= 15 is 0 Å². The maximum atomic E-state index is 10.8. The number of carbonyl (C=O) groups is 1. The Bertz CT molecular complexity index is 272. The molecule has 0 aliphatic carbocycles. The number of thiophene rings is 1. The fourth-order valence-corrected chi connectivity index (χ4v) is 1.89. The smallest absolute Gasteiger partial charge is 0.306 e. The molecular weight excluding hydrogens is 198 g/mol. The fraction of sp³-hybridized carbons (Fsp3) is 0.500. The summed E-state index contributed by atoms with van der Waals surface area (Å²) in [5, 5.41) is 5.31. The summed E-state index contributed by atoms with van der Waals surface area (Å²) in [6.45, 7) is 2.74. The van der Waals surface area contributed by atoms with Gasteiger partial charge in [0.1, 0.15) is 0 Å². The Labute approximate surface area is 88.1 Å². The van der Waals surface area contributed by atoms with Gasteiger partial charge in [0, 0.05) is 17.5 Å². The maximum absolute atomic E-state index is 10.8. The molecule has 0 saturated heterocycles. The highest BCUT2D eigenvalue weighted by Crippen LogP contribution is 2.17. The van der Waals surface area contributed by atoms with Crippen LogP contribution < -0.4 is 5.32 Å². The van der Waals surface area contributed by atoms with Gasteiger partial charge < -0.3 is 10.1 Å². The molecule has 3 nitrogen and oxygen atoms in total. The van der Waals surface area contributed by atoms with Gasteiger partial charge in [-0.05, 0) is 18.4 Å². The highest BCUT2D eigenvalue weighted by molar-refractivity contribution is 7.10. The van der Waals surface area contributed by atoms with Crippen LogP contribution in [0.3, 0.4) is 0 Å². The van der Waals surface area contributed by atoms with Crippen LogP contribution in [0.1, 0.15) is 24.3 Å². The summed E-state index contributed by atoms with van der Waals surface area (Å²) in [7, 11) is 1.41. The van der Waals surface area contributed by atoms with Gasteiger partial charge in [0.05, 0.1) is 13.5 Å². The standard InChI is InChI=1S/C10H15NO2S/c1-8(9-4-3-7-14-9)11-6-5-10(12)13-2/h3-4,7-8,11H,5-6H2,1-2H3/t8-/m0/s1. The molecule has 0 saturated carbocycles. The predicted octanol–water partition coefficient (Wildman–Crippen LogP) is 1.96. The minimum atomic E-state index is -0.170. The molecule has 14 heavy (non-hydrogen) atoms. The van der Waals surface area contributed by atoms with Crippen molar-refractivity contribution >= 4 is 17.3 Å². The molecule has 78 valence electrons. The van der Waals surface area contributed by atoms with E-state index in [0.717, 1.165) is 0 Å². The zero-order chi connectivity index (χ0) is 10.4. The number of nitrogens with one attached hydrogen (secondary N) is 1. The summed E-state index contributed by atoms with van der Waals surface area (Å²) in [5.74, 6) is -0.170. The van der Waals surface area contributed by atoms with E-state index in [9.17, 15) is 4.79 Å². The van der Waals surface area contributed by atoms with Crippen LogP contribution in [0.2, 0.25) is 0 Å². The first kappa shape index (κ1) is 11.2. The highest BCUT2D eigenvalue weighted by atomic mass is 32.1. The number of methoxy groups -OCH3 is 1. The molecule has 0 aromatic carbocycles. The summed E-state index contributed by atoms with van der Waals surface area (Å²) in [4.78, 5) is 12.1. The van der Waals surface area contributed by atoms with Crippen LogP contribution in [-0.2, 0) is 9.53 Å². The molecule has 0 bridgehead atoms. The van der Waals surface area contributed by atoms with E-state index in [2.05, 4.69) is 23.0 Å². The van der Waals surface area contributed by atoms with Crippen molar-refractivity contribution in [2.24, 2.45) is 0 Å². The molecule has 0 amide bonds. The number of hydrogen-bond acceptors (Lipinski definition) is 4. The molecule has 0 spiro atoms. The first-order chi connectivity index (χ1) is 6.74. The van der Waals surface area contributed by atoms with E-state index in [-0.39, 0.29) is 5.97 Å². The SMILES string of the molecule is COC(=O)CCN[C@@H](C)c1cccs1. The molecule has 0 aliphatic rings. The molecule has 1 rings (SSSR count). The monoisotopic (exact) mass is 213 g/mol. The van der Waals surface area contributed by atoms with Crippen LogP contribution in [0.5, 0.6) is 0 Å². The number of rotatable bonds is 5. The molecule has 0 fully saturated rings. The van der Waals surface area contributed by atoms with E-state index in [0.29, 0.717) is 19.0 Å². The van der Waals surface area contributed by atoms with E-state index in [4.69, 9.17) is 0 Å². The molecule has 0 unspecified atom stereocenters. The molecule has 4 heteroatoms. The van der Waals surface area contributed by atoms with Crippen LogP contribution in [-0.4, -0.2) is 19.6 Å². The molecule has 1 aromatic rings. The van der Waals surface area contributed by atoms with Crippen molar-refractivity contribution in [1.82, 2.24) is 5.32 Å². The Morgan fingerprint density at radius 1 is 1.71 bits per heavy atom. The Kier molecular flexibility index (Phi) is 4.62. The van der Waals surface area contributed by atoms with Gasteiger partial charge in [0.25, 0.3) is 0 Å². The summed E-state index contributed by atoms with van der Waals surface area (Å²) in [6.07, 6.45) is 0.423. The van der Waals surface area contributed by atoms with Gasteiger partial charge in [-0.15, -0.1) is 11.3 Å². The second-order valence-corrected chi connectivity index (χ2v) is 4.00. The van der Waals surface area contributed by atoms with E-state index in [1.54, 1.807) is 11.3 Å². The average Bonchev–Trinajstić information content (AvgIpc) is 2.70. The Morgan fingerprint density at radius 3 is 3.07 bits per heavy atom. The van der Waals surface area contributed by atoms with Crippen molar-refractivity contribution < 1.29 is 9.53 Å². The summed E-state index contributed by atoms with van der Waals surface area (Å²) >= 11 is 1.72. The first-order valence-electron chi connectivity index (χ1n) is 4.57. The van der Waals surface area contributed by atoms with Crippen LogP contribution in [0.25, 0.3) is 0 Å². The molecule has 1 heterocycles. The lowest BCUT2D eigenvalue weighted by Gasteiger charge is -2.10. The summed E-state index contributed by atoms with van der Waals surface area (Å²) < 4.78 is 4.55. The van der Waals surface area contributed by atoms with Crippen molar-refractivity contribution in [2.75, 3.05) is 13.7 Å². The van der Waals surface area contributed by atoms with Gasteiger partial charge in [-0.2, -0.15) is 0 Å². The zero-order valence-corrected chi connectivity index (χ0v) is 9.26. The number of esters is 1. The van der Waals surface area contributed by atoms with Crippen molar-refractivity contribution in [3.05, 3.63) is 22.4 Å². The Hall–Kier alpha value is -0.870. The molecule has 1 aromatic heterocycles. The Morgan fingerprint density at radius 2 is 2.50 bits per heavy atom. The van der Waals surface area contributed by atoms with Crippen LogP contribution in [0, 0.1) is 0 Å². The van der Waals surface area contributed by atoms with Crippen molar-refractivity contribution in [2.45, 2.75) is 19.4 Å². The topological polar surface area (TPSA) is 38.3 Å². The lowest BCUT2D eigenvalue weighted by Crippen LogP contribution is -2.21. The normalized spacial score (nSPS) is 12.4. The quantitative estimate of drug-likeness (QED) is 0.760. The third-order valence-electron chi connectivity index (χ3n) is 1.98. The molecule has 1 N–H and O–H groups in total. The largest absolute Gasteiger partial charge is 0.469 e. The molecular formula is C10H15NO2S. The zero-order valence-electron chi connectivity index (χ0n) is 8.45. The summed E-state index contributed by atoms with van der Waals surface area (Å²) in [5.41, 5.74) is 0. The highest BCUT2D eigenvalue weighted by Gasteiger charge is 2.06. The lowest BCUT2D eigenvalue weighted by atomic mass is 10.2. The second kappa shape index (κ2) is 5.78. The van der Waals surface area contributed by atoms with Gasteiger partial charge in [-0.1, -0.05) is 6.07 Å². The third kappa shape index (κ3) is 3.47. The van der Waals surface area contributed by atoms with Crippen molar-refractivity contribution in [1.29, 1.82) is 0 Å². The first-order valence-corrected chi connectivity index (χ1v) is 5.45. The van der Waals surface area contributed by atoms with Crippen LogP contribution in [0.4, 0.5) is 0 Å². The lowest BCUT2D eigenvalue weighted by molar-refractivity contribution is -0.140. The second-order valence-electron chi connectivity index (χ2n) is 3.02. The average molecular weight is 213 g/mol. The minimum absolute atomic E-state index is 0.170. The minimum Gasteiger partial charge on any atom is -0.469 e. The van der Waals surface area contributed by atoms with E-state index in [1.165, 1.54) is 12.0 Å². The summed E-state index contributed by atoms with van der Waals surface area (Å²) in [6, 6.07) is 4.42. The fourth-order valence-electron chi connectivity index (χ4n) is 1.13. The van der Waals surface area contributed by atoms with Gasteiger partial charge in [0.2, 0.25) is 0 Å².